The van der Waals surface area contributed by atoms with Crippen LogP contribution < -0.4 is 0 Å². The minimum absolute atomic E-state index is 0.705. The van der Waals surface area contributed by atoms with Crippen molar-refractivity contribution in [2.45, 2.75) is 76.7 Å². The Hall–Kier alpha value is -0.330. The molecular weight excluding hydrogens is 170 g/mol. The first-order valence-electron chi connectivity index (χ1n) is 6.51. The van der Waals surface area contributed by atoms with Crippen molar-refractivity contribution in [3.8, 4) is 0 Å². The maximum Gasteiger partial charge on any atom is 0.0499 e. The third-order valence-corrected chi connectivity index (χ3v) is 3.62. The fraction of sp³-hybridized carbons (Fsp3) is 0.923. The van der Waals surface area contributed by atoms with E-state index in [2.05, 4.69) is 0 Å². The van der Waals surface area contributed by atoms with Crippen molar-refractivity contribution >= 4 is 5.71 Å². The first-order chi connectivity index (χ1) is 6.95. The molecule has 0 spiro atoms. The third kappa shape index (κ3) is 3.11. The van der Waals surface area contributed by atoms with E-state index in [1.165, 1.54) is 70.6 Å². The molecule has 0 bridgehead atoms. The summed E-state index contributed by atoms with van der Waals surface area (Å²) in [5.41, 5.74) is 1.55. The molecule has 0 aromatic heterocycles. The summed E-state index contributed by atoms with van der Waals surface area (Å²) in [6.07, 6.45) is 15.3. The fourth-order valence-corrected chi connectivity index (χ4v) is 2.73. The predicted molar refractivity (Wildman–Crippen MR) is 62.0 cm³/mol. The molecule has 0 aliphatic heterocycles. The van der Waals surface area contributed by atoms with Crippen molar-refractivity contribution in [2.75, 3.05) is 0 Å². The fourth-order valence-electron chi connectivity index (χ4n) is 2.73. The summed E-state index contributed by atoms with van der Waals surface area (Å²) in [7, 11) is 0. The van der Waals surface area contributed by atoms with Crippen LogP contribution in [0.4, 0.5) is 0 Å². The zero-order valence-corrected chi connectivity index (χ0v) is 9.30. The summed E-state index contributed by atoms with van der Waals surface area (Å²) in [6.45, 7) is 0. The highest BCUT2D eigenvalue weighted by molar-refractivity contribution is 5.84. The Morgan fingerprint density at radius 1 is 0.714 bits per heavy atom. The average molecular weight is 193 g/mol. The second kappa shape index (κ2) is 5.53. The minimum Gasteiger partial charge on any atom is -0.291 e. The van der Waals surface area contributed by atoms with Crippen LogP contribution in [0.5, 0.6) is 0 Å². The van der Waals surface area contributed by atoms with E-state index in [9.17, 15) is 0 Å². The summed E-state index contributed by atoms with van der Waals surface area (Å²) in [5.74, 6) is 0. The van der Waals surface area contributed by atoms with Gasteiger partial charge in [-0.25, -0.2) is 0 Å². The molecule has 0 aromatic rings. The molecule has 2 aliphatic carbocycles. The van der Waals surface area contributed by atoms with Gasteiger partial charge in [-0.2, -0.15) is 0 Å². The zero-order valence-electron chi connectivity index (χ0n) is 9.30. The maximum absolute atomic E-state index is 4.97. The summed E-state index contributed by atoms with van der Waals surface area (Å²) in [5, 5.41) is 0. The first kappa shape index (κ1) is 10.2. The van der Waals surface area contributed by atoms with Crippen molar-refractivity contribution in [2.24, 2.45) is 4.99 Å². The molecule has 1 nitrogen and oxygen atoms in total. The van der Waals surface area contributed by atoms with Crippen LogP contribution in [-0.4, -0.2) is 11.8 Å². The summed E-state index contributed by atoms with van der Waals surface area (Å²) in [4.78, 5) is 4.97. The van der Waals surface area contributed by atoms with E-state index < -0.39 is 0 Å². The summed E-state index contributed by atoms with van der Waals surface area (Å²) >= 11 is 0. The number of nitrogens with zero attached hydrogens (tertiary/aromatic N) is 1. The number of aliphatic imine (C=N–C) groups is 1. The molecule has 2 fully saturated rings. The largest absolute Gasteiger partial charge is 0.291 e. The molecule has 0 atom stereocenters. The maximum atomic E-state index is 4.97. The Balaban J connectivity index is 1.86. The lowest BCUT2D eigenvalue weighted by molar-refractivity contribution is 0.442. The minimum atomic E-state index is 0.705. The molecule has 0 aromatic carbocycles. The van der Waals surface area contributed by atoms with Crippen LogP contribution in [0.2, 0.25) is 0 Å². The second-order valence-electron chi connectivity index (χ2n) is 4.90. The smallest absolute Gasteiger partial charge is 0.0499 e. The second-order valence-corrected chi connectivity index (χ2v) is 4.90. The molecule has 0 saturated heterocycles. The monoisotopic (exact) mass is 193 g/mol. The lowest BCUT2D eigenvalue weighted by Crippen LogP contribution is -2.12. The molecule has 0 unspecified atom stereocenters. The normalized spacial score (nSPS) is 25.9. The Morgan fingerprint density at radius 2 is 1.29 bits per heavy atom. The SMILES string of the molecule is C1CCCC(=NC2CCCCC2)CC1. The number of hydrogen-bond donors (Lipinski definition) is 0. The number of rotatable bonds is 1. The van der Waals surface area contributed by atoms with Gasteiger partial charge in [0, 0.05) is 11.8 Å². The Labute approximate surface area is 88.0 Å². The third-order valence-electron chi connectivity index (χ3n) is 3.62. The van der Waals surface area contributed by atoms with Gasteiger partial charge in [-0.3, -0.25) is 4.99 Å². The van der Waals surface area contributed by atoms with Gasteiger partial charge in [-0.1, -0.05) is 32.1 Å². The van der Waals surface area contributed by atoms with E-state index in [0.717, 1.165) is 0 Å². The van der Waals surface area contributed by atoms with Crippen LogP contribution in [0.25, 0.3) is 0 Å². The van der Waals surface area contributed by atoms with Crippen molar-refractivity contribution in [3.05, 3.63) is 0 Å². The molecule has 2 saturated carbocycles. The van der Waals surface area contributed by atoms with Crippen LogP contribution in [0, 0.1) is 0 Å². The standard InChI is InChI=1S/C13H23N/c1-2-5-9-12(8-4-1)14-13-10-6-3-7-11-13/h13H,1-11H2. The van der Waals surface area contributed by atoms with Crippen LogP contribution in [0.3, 0.4) is 0 Å². The molecule has 2 aliphatic rings. The quantitative estimate of drug-likeness (QED) is 0.556. The first-order valence-corrected chi connectivity index (χ1v) is 6.51. The number of hydrogen-bond acceptors (Lipinski definition) is 1. The van der Waals surface area contributed by atoms with Gasteiger partial charge in [0.05, 0.1) is 0 Å². The van der Waals surface area contributed by atoms with Crippen molar-refractivity contribution in [3.63, 3.8) is 0 Å². The van der Waals surface area contributed by atoms with Crippen LogP contribution >= 0.6 is 0 Å². The van der Waals surface area contributed by atoms with E-state index in [1.54, 1.807) is 5.71 Å². The van der Waals surface area contributed by atoms with Gasteiger partial charge < -0.3 is 0 Å². The zero-order chi connectivity index (χ0) is 9.64. The molecule has 80 valence electrons. The summed E-state index contributed by atoms with van der Waals surface area (Å²) < 4.78 is 0. The van der Waals surface area contributed by atoms with Crippen molar-refractivity contribution in [1.82, 2.24) is 0 Å². The van der Waals surface area contributed by atoms with Gasteiger partial charge in [0.1, 0.15) is 0 Å². The molecule has 0 N–H and O–H groups in total. The highest BCUT2D eigenvalue weighted by Gasteiger charge is 2.13. The average Bonchev–Trinajstić information content (AvgIpc) is 2.48. The van der Waals surface area contributed by atoms with Crippen LogP contribution in [0.15, 0.2) is 4.99 Å². The molecule has 0 radical (unpaired) electrons. The van der Waals surface area contributed by atoms with Gasteiger partial charge in [0.15, 0.2) is 0 Å². The Morgan fingerprint density at radius 3 is 1.93 bits per heavy atom. The van der Waals surface area contributed by atoms with Crippen molar-refractivity contribution < 1.29 is 0 Å². The molecule has 1 heteroatoms. The van der Waals surface area contributed by atoms with Crippen LogP contribution in [0.1, 0.15) is 70.6 Å². The van der Waals surface area contributed by atoms with E-state index in [1.807, 2.05) is 0 Å². The molecule has 0 heterocycles. The van der Waals surface area contributed by atoms with Gasteiger partial charge >= 0.3 is 0 Å². The van der Waals surface area contributed by atoms with Gasteiger partial charge in [0.25, 0.3) is 0 Å². The van der Waals surface area contributed by atoms with E-state index >= 15 is 0 Å². The van der Waals surface area contributed by atoms with Gasteiger partial charge in [-0.15, -0.1) is 0 Å². The van der Waals surface area contributed by atoms with E-state index in [4.69, 9.17) is 4.99 Å². The Bertz CT molecular complexity index is 179. The highest BCUT2D eigenvalue weighted by Crippen LogP contribution is 2.22. The molecule has 14 heavy (non-hydrogen) atoms. The lowest BCUT2D eigenvalue weighted by atomic mass is 9.95. The summed E-state index contributed by atoms with van der Waals surface area (Å²) in [6, 6.07) is 0.705. The topological polar surface area (TPSA) is 12.4 Å². The lowest BCUT2D eigenvalue weighted by Gasteiger charge is -2.19. The highest BCUT2D eigenvalue weighted by atomic mass is 14.8. The van der Waals surface area contributed by atoms with Crippen molar-refractivity contribution in [1.29, 1.82) is 0 Å². The van der Waals surface area contributed by atoms with Crippen LogP contribution in [-0.2, 0) is 0 Å². The predicted octanol–water partition coefficient (Wildman–Crippen LogP) is 4.11. The molecule has 2 rings (SSSR count). The molecule has 0 amide bonds. The van der Waals surface area contributed by atoms with E-state index in [-0.39, 0.29) is 0 Å². The Kier molecular flexibility index (Phi) is 4.03. The molecular formula is C13H23N. The van der Waals surface area contributed by atoms with Gasteiger partial charge in [-0.05, 0) is 38.5 Å². The van der Waals surface area contributed by atoms with Gasteiger partial charge in [0.2, 0.25) is 0 Å². The van der Waals surface area contributed by atoms with E-state index in [0.29, 0.717) is 6.04 Å².